The zero-order valence-electron chi connectivity index (χ0n) is 8.28. The average Bonchev–Trinajstić information content (AvgIpc) is 2.29. The molecule has 5 heteroatoms. The second-order valence-corrected chi connectivity index (χ2v) is 6.04. The zero-order valence-corrected chi connectivity index (χ0v) is 10.7. The fourth-order valence-electron chi connectivity index (χ4n) is 1.68. The molecule has 1 fully saturated rings. The van der Waals surface area contributed by atoms with E-state index in [4.69, 9.17) is 0 Å². The SMILES string of the molecule is O=S(c1cccc(Br)n1)C1CCNCC1. The van der Waals surface area contributed by atoms with Crippen molar-refractivity contribution in [3.05, 3.63) is 22.8 Å². The number of rotatable bonds is 2. The van der Waals surface area contributed by atoms with Crippen LogP contribution in [0.1, 0.15) is 12.8 Å². The van der Waals surface area contributed by atoms with Gasteiger partial charge >= 0.3 is 0 Å². The Morgan fingerprint density at radius 2 is 2.13 bits per heavy atom. The van der Waals surface area contributed by atoms with E-state index in [2.05, 4.69) is 26.2 Å². The number of halogens is 1. The predicted molar refractivity (Wildman–Crippen MR) is 64.2 cm³/mol. The monoisotopic (exact) mass is 288 g/mol. The molecule has 2 heterocycles. The summed E-state index contributed by atoms with van der Waals surface area (Å²) in [4.78, 5) is 4.24. The third-order valence-corrected chi connectivity index (χ3v) is 4.64. The van der Waals surface area contributed by atoms with Gasteiger partial charge in [0.25, 0.3) is 0 Å². The normalized spacial score (nSPS) is 20.1. The molecule has 1 unspecified atom stereocenters. The van der Waals surface area contributed by atoms with Crippen LogP contribution in [0.3, 0.4) is 0 Å². The Hall–Kier alpha value is -0.260. The Labute approximate surface area is 100 Å². The molecule has 0 bridgehead atoms. The standard InChI is InChI=1S/C10H13BrN2OS/c11-9-2-1-3-10(13-9)15(14)8-4-6-12-7-5-8/h1-3,8,12H,4-7H2. The van der Waals surface area contributed by atoms with Crippen molar-refractivity contribution >= 4 is 26.7 Å². The van der Waals surface area contributed by atoms with E-state index in [1.165, 1.54) is 0 Å². The van der Waals surface area contributed by atoms with Crippen molar-refractivity contribution < 1.29 is 4.21 Å². The summed E-state index contributed by atoms with van der Waals surface area (Å²) in [6.07, 6.45) is 1.95. The smallest absolute Gasteiger partial charge is 0.128 e. The Balaban J connectivity index is 2.12. The highest BCUT2D eigenvalue weighted by molar-refractivity contribution is 9.10. The van der Waals surface area contributed by atoms with Gasteiger partial charge in [-0.25, -0.2) is 4.98 Å². The molecule has 0 aliphatic carbocycles. The van der Waals surface area contributed by atoms with Crippen LogP contribution in [0.4, 0.5) is 0 Å². The van der Waals surface area contributed by atoms with E-state index in [1.807, 2.05) is 18.2 Å². The van der Waals surface area contributed by atoms with Gasteiger partial charge in [0.1, 0.15) is 9.63 Å². The highest BCUT2D eigenvalue weighted by atomic mass is 79.9. The Morgan fingerprint density at radius 3 is 2.80 bits per heavy atom. The lowest BCUT2D eigenvalue weighted by Crippen LogP contribution is -2.33. The van der Waals surface area contributed by atoms with E-state index in [0.29, 0.717) is 5.03 Å². The van der Waals surface area contributed by atoms with Crippen molar-refractivity contribution in [2.75, 3.05) is 13.1 Å². The van der Waals surface area contributed by atoms with Gasteiger partial charge in [0.2, 0.25) is 0 Å². The molecule has 1 aliphatic heterocycles. The second-order valence-electron chi connectivity index (χ2n) is 3.55. The molecule has 0 saturated carbocycles. The molecule has 1 aromatic heterocycles. The molecule has 3 nitrogen and oxygen atoms in total. The topological polar surface area (TPSA) is 42.0 Å². The van der Waals surface area contributed by atoms with E-state index in [-0.39, 0.29) is 5.25 Å². The molecule has 0 amide bonds. The van der Waals surface area contributed by atoms with Crippen molar-refractivity contribution in [1.29, 1.82) is 0 Å². The summed E-state index contributed by atoms with van der Waals surface area (Å²) in [6, 6.07) is 5.57. The summed E-state index contributed by atoms with van der Waals surface area (Å²) in [5.41, 5.74) is 0. The molecule has 1 aliphatic rings. The van der Waals surface area contributed by atoms with Gasteiger partial charge in [0.15, 0.2) is 0 Å². The largest absolute Gasteiger partial charge is 0.317 e. The van der Waals surface area contributed by atoms with E-state index in [9.17, 15) is 4.21 Å². The number of nitrogens with one attached hydrogen (secondary N) is 1. The van der Waals surface area contributed by atoms with Crippen LogP contribution in [0.2, 0.25) is 0 Å². The first-order valence-corrected chi connectivity index (χ1v) is 7.02. The Kier molecular flexibility index (Phi) is 3.88. The number of aromatic nitrogens is 1. The first-order valence-electron chi connectivity index (χ1n) is 5.01. The van der Waals surface area contributed by atoms with Gasteiger partial charge in [0, 0.05) is 5.25 Å². The molecule has 82 valence electrons. The van der Waals surface area contributed by atoms with Crippen LogP contribution in [0.25, 0.3) is 0 Å². The Morgan fingerprint density at radius 1 is 1.40 bits per heavy atom. The fraction of sp³-hybridized carbons (Fsp3) is 0.500. The van der Waals surface area contributed by atoms with Crippen LogP contribution in [0.15, 0.2) is 27.8 Å². The molecule has 1 aromatic rings. The fourth-order valence-corrected chi connectivity index (χ4v) is 3.55. The quantitative estimate of drug-likeness (QED) is 0.843. The molecular weight excluding hydrogens is 276 g/mol. The summed E-state index contributed by atoms with van der Waals surface area (Å²) < 4.78 is 12.9. The summed E-state index contributed by atoms with van der Waals surface area (Å²) in [7, 11) is -0.961. The van der Waals surface area contributed by atoms with Gasteiger partial charge in [-0.05, 0) is 54.0 Å². The third kappa shape index (κ3) is 2.86. The Bertz CT molecular complexity index is 366. The molecule has 15 heavy (non-hydrogen) atoms. The third-order valence-electron chi connectivity index (χ3n) is 2.48. The van der Waals surface area contributed by atoms with Crippen molar-refractivity contribution in [2.24, 2.45) is 0 Å². The maximum atomic E-state index is 12.2. The van der Waals surface area contributed by atoms with Gasteiger partial charge in [-0.1, -0.05) is 6.07 Å². The van der Waals surface area contributed by atoms with Gasteiger partial charge in [0.05, 0.1) is 10.8 Å². The highest BCUT2D eigenvalue weighted by Crippen LogP contribution is 2.18. The van der Waals surface area contributed by atoms with Gasteiger partial charge in [-0.15, -0.1) is 0 Å². The maximum absolute atomic E-state index is 12.2. The van der Waals surface area contributed by atoms with Gasteiger partial charge < -0.3 is 5.32 Å². The molecular formula is C10H13BrN2OS. The van der Waals surface area contributed by atoms with Gasteiger partial charge in [-0.2, -0.15) is 0 Å². The zero-order chi connectivity index (χ0) is 10.7. The van der Waals surface area contributed by atoms with Crippen molar-refractivity contribution in [2.45, 2.75) is 23.1 Å². The van der Waals surface area contributed by atoms with Crippen LogP contribution in [0.5, 0.6) is 0 Å². The lowest BCUT2D eigenvalue weighted by Gasteiger charge is -2.21. The minimum atomic E-state index is -0.961. The molecule has 1 atom stereocenters. The van der Waals surface area contributed by atoms with Gasteiger partial charge in [-0.3, -0.25) is 4.21 Å². The van der Waals surface area contributed by atoms with Crippen molar-refractivity contribution in [3.8, 4) is 0 Å². The van der Waals surface area contributed by atoms with Crippen LogP contribution in [0, 0.1) is 0 Å². The number of nitrogens with zero attached hydrogens (tertiary/aromatic N) is 1. The van der Waals surface area contributed by atoms with Crippen LogP contribution in [-0.4, -0.2) is 27.5 Å². The van der Waals surface area contributed by atoms with E-state index in [1.54, 1.807) is 0 Å². The summed E-state index contributed by atoms with van der Waals surface area (Å²) in [6.45, 7) is 1.93. The average molecular weight is 289 g/mol. The second kappa shape index (κ2) is 5.18. The molecule has 1 N–H and O–H groups in total. The highest BCUT2D eigenvalue weighted by Gasteiger charge is 2.21. The van der Waals surface area contributed by atoms with Crippen molar-refractivity contribution in [3.63, 3.8) is 0 Å². The number of hydrogen-bond donors (Lipinski definition) is 1. The predicted octanol–water partition coefficient (Wildman–Crippen LogP) is 1.70. The van der Waals surface area contributed by atoms with Crippen LogP contribution >= 0.6 is 15.9 Å². The van der Waals surface area contributed by atoms with Crippen molar-refractivity contribution in [1.82, 2.24) is 10.3 Å². The van der Waals surface area contributed by atoms with E-state index >= 15 is 0 Å². The van der Waals surface area contributed by atoms with Crippen LogP contribution in [-0.2, 0) is 10.8 Å². The first-order chi connectivity index (χ1) is 7.27. The minimum Gasteiger partial charge on any atom is -0.317 e. The number of pyridine rings is 1. The van der Waals surface area contributed by atoms with Crippen LogP contribution < -0.4 is 5.32 Å². The maximum Gasteiger partial charge on any atom is 0.128 e. The molecule has 0 aromatic carbocycles. The van der Waals surface area contributed by atoms with E-state index in [0.717, 1.165) is 30.5 Å². The summed E-state index contributed by atoms with van der Waals surface area (Å²) in [5, 5.41) is 4.22. The molecule has 0 spiro atoms. The van der Waals surface area contributed by atoms with E-state index < -0.39 is 10.8 Å². The molecule has 0 radical (unpaired) electrons. The lowest BCUT2D eigenvalue weighted by atomic mass is 10.2. The summed E-state index contributed by atoms with van der Waals surface area (Å²) >= 11 is 3.30. The summed E-state index contributed by atoms with van der Waals surface area (Å²) in [5.74, 6) is 0. The molecule has 1 saturated heterocycles. The first kappa shape index (κ1) is 11.2. The number of piperidine rings is 1. The molecule has 2 rings (SSSR count). The lowest BCUT2D eigenvalue weighted by molar-refractivity contribution is 0.519. The minimum absolute atomic E-state index is 0.257. The number of hydrogen-bond acceptors (Lipinski definition) is 3.